The average molecular weight is 395 g/mol. The molecule has 3 aromatic rings. The number of hydrogen-bond donors (Lipinski definition) is 0. The van der Waals surface area contributed by atoms with Crippen molar-refractivity contribution in [2.24, 2.45) is 0 Å². The highest BCUT2D eigenvalue weighted by atomic mass is 16.5. The van der Waals surface area contributed by atoms with Crippen molar-refractivity contribution in [3.8, 4) is 17.3 Å². The van der Waals surface area contributed by atoms with Crippen LogP contribution >= 0.6 is 0 Å². The Morgan fingerprint density at radius 3 is 1.93 bits per heavy atom. The van der Waals surface area contributed by atoms with Crippen LogP contribution in [0.5, 0.6) is 0 Å². The predicted molar refractivity (Wildman–Crippen MR) is 104 cm³/mol. The lowest BCUT2D eigenvalue weighted by Gasteiger charge is -2.30. The van der Waals surface area contributed by atoms with Crippen molar-refractivity contribution in [2.45, 2.75) is 0 Å². The van der Waals surface area contributed by atoms with Gasteiger partial charge in [0, 0.05) is 38.6 Å². The van der Waals surface area contributed by atoms with Gasteiger partial charge in [0.05, 0.1) is 26.4 Å². The first kappa shape index (κ1) is 17.9. The van der Waals surface area contributed by atoms with Gasteiger partial charge in [0.15, 0.2) is 11.6 Å². The summed E-state index contributed by atoms with van der Waals surface area (Å²) in [5.41, 5.74) is 0.590. The highest BCUT2D eigenvalue weighted by molar-refractivity contribution is 5.55. The van der Waals surface area contributed by atoms with E-state index < -0.39 is 0 Å². The molecule has 5 heterocycles. The first-order valence-electron chi connectivity index (χ1n) is 9.62. The molecule has 11 heteroatoms. The van der Waals surface area contributed by atoms with Crippen molar-refractivity contribution in [3.05, 3.63) is 30.6 Å². The second-order valence-electron chi connectivity index (χ2n) is 6.69. The third-order valence-corrected chi connectivity index (χ3v) is 4.82. The summed E-state index contributed by atoms with van der Waals surface area (Å²) in [6.07, 6.45) is 3.52. The van der Waals surface area contributed by atoms with E-state index in [-0.39, 0.29) is 0 Å². The first-order chi connectivity index (χ1) is 14.4. The van der Waals surface area contributed by atoms with Gasteiger partial charge in [0.25, 0.3) is 0 Å². The Bertz CT molecular complexity index is 900. The summed E-state index contributed by atoms with van der Waals surface area (Å²) in [4.78, 5) is 18.3. The molecule has 2 aliphatic heterocycles. The summed E-state index contributed by atoms with van der Waals surface area (Å²) in [5, 5.41) is 12.8. The third-order valence-electron chi connectivity index (χ3n) is 4.82. The lowest BCUT2D eigenvalue weighted by atomic mass is 10.3. The summed E-state index contributed by atoms with van der Waals surface area (Å²) < 4.78 is 12.6. The van der Waals surface area contributed by atoms with Crippen LogP contribution in [-0.2, 0) is 9.47 Å². The molecule has 0 aromatic carbocycles. The van der Waals surface area contributed by atoms with E-state index in [1.165, 1.54) is 0 Å². The van der Waals surface area contributed by atoms with E-state index >= 15 is 0 Å². The van der Waals surface area contributed by atoms with Gasteiger partial charge in [0.2, 0.25) is 11.9 Å². The summed E-state index contributed by atoms with van der Waals surface area (Å²) in [5.74, 6) is 2.41. The van der Waals surface area contributed by atoms with E-state index in [1.54, 1.807) is 10.9 Å². The fourth-order valence-corrected chi connectivity index (χ4v) is 3.25. The van der Waals surface area contributed by atoms with Crippen LogP contribution in [0.25, 0.3) is 17.3 Å². The van der Waals surface area contributed by atoms with E-state index in [9.17, 15) is 0 Å². The molecule has 150 valence electrons. The van der Waals surface area contributed by atoms with Gasteiger partial charge >= 0.3 is 0 Å². The Kier molecular flexibility index (Phi) is 4.97. The largest absolute Gasteiger partial charge is 0.378 e. The van der Waals surface area contributed by atoms with Crippen LogP contribution in [0, 0.1) is 0 Å². The minimum absolute atomic E-state index is 0.502. The normalized spacial score (nSPS) is 17.5. The van der Waals surface area contributed by atoms with Crippen molar-refractivity contribution in [3.63, 3.8) is 0 Å². The number of ether oxygens (including phenoxy) is 2. The van der Waals surface area contributed by atoms with E-state index in [4.69, 9.17) is 14.5 Å². The number of anilines is 2. The van der Waals surface area contributed by atoms with Crippen LogP contribution in [0.4, 0.5) is 11.9 Å². The summed E-state index contributed by atoms with van der Waals surface area (Å²) >= 11 is 0. The van der Waals surface area contributed by atoms with Crippen molar-refractivity contribution in [1.82, 2.24) is 34.9 Å². The second kappa shape index (κ2) is 8.05. The van der Waals surface area contributed by atoms with Gasteiger partial charge in [0.1, 0.15) is 5.69 Å². The fraction of sp³-hybridized carbons (Fsp3) is 0.444. The second-order valence-corrected chi connectivity index (χ2v) is 6.69. The zero-order chi connectivity index (χ0) is 19.5. The number of aromatic nitrogens is 7. The topological polar surface area (TPSA) is 107 Å². The Balaban J connectivity index is 1.50. The molecule has 0 atom stereocenters. The van der Waals surface area contributed by atoms with Crippen LogP contribution in [-0.4, -0.2) is 87.5 Å². The van der Waals surface area contributed by atoms with Crippen molar-refractivity contribution in [1.29, 1.82) is 0 Å². The Morgan fingerprint density at radius 2 is 1.41 bits per heavy atom. The maximum Gasteiger partial charge on any atom is 0.230 e. The van der Waals surface area contributed by atoms with Crippen LogP contribution < -0.4 is 9.80 Å². The maximum absolute atomic E-state index is 5.46. The maximum atomic E-state index is 5.46. The molecule has 2 aliphatic rings. The molecular formula is C18H21N9O2. The molecule has 2 fully saturated rings. The van der Waals surface area contributed by atoms with Crippen LogP contribution in [0.3, 0.4) is 0 Å². The summed E-state index contributed by atoms with van der Waals surface area (Å²) in [7, 11) is 0. The number of rotatable bonds is 4. The zero-order valence-electron chi connectivity index (χ0n) is 15.9. The van der Waals surface area contributed by atoms with Gasteiger partial charge in [-0.1, -0.05) is 0 Å². The highest BCUT2D eigenvalue weighted by Gasteiger charge is 2.21. The molecule has 0 radical (unpaired) electrons. The summed E-state index contributed by atoms with van der Waals surface area (Å²) in [6.45, 7) is 5.62. The van der Waals surface area contributed by atoms with Crippen molar-refractivity contribution >= 4 is 11.9 Å². The Hall–Kier alpha value is -3.18. The smallest absolute Gasteiger partial charge is 0.230 e. The fourth-order valence-electron chi connectivity index (χ4n) is 3.25. The number of hydrogen-bond acceptors (Lipinski definition) is 10. The Labute approximate surface area is 167 Å². The minimum Gasteiger partial charge on any atom is -0.378 e. The molecule has 0 N–H and O–H groups in total. The number of nitrogens with zero attached hydrogens (tertiary/aromatic N) is 9. The Morgan fingerprint density at radius 1 is 0.759 bits per heavy atom. The highest BCUT2D eigenvalue weighted by Crippen LogP contribution is 2.21. The van der Waals surface area contributed by atoms with Crippen LogP contribution in [0.15, 0.2) is 30.6 Å². The van der Waals surface area contributed by atoms with E-state index in [1.807, 2.05) is 24.4 Å². The van der Waals surface area contributed by atoms with Crippen molar-refractivity contribution in [2.75, 3.05) is 62.4 Å². The third kappa shape index (κ3) is 3.87. The van der Waals surface area contributed by atoms with Gasteiger partial charge in [-0.25, -0.2) is 4.68 Å². The molecule has 0 unspecified atom stereocenters. The number of morpholine rings is 2. The van der Waals surface area contributed by atoms with E-state index in [0.717, 1.165) is 26.2 Å². The molecule has 2 saturated heterocycles. The predicted octanol–water partition coefficient (Wildman–Crippen LogP) is 0.188. The van der Waals surface area contributed by atoms with Crippen molar-refractivity contribution < 1.29 is 9.47 Å². The average Bonchev–Trinajstić information content (AvgIpc) is 3.35. The molecule has 3 aromatic heterocycles. The molecule has 0 spiro atoms. The molecular weight excluding hydrogens is 374 g/mol. The SMILES string of the molecule is c1cnn(-c2ccc(-c3nc(N4CCOCC4)nc(N4CCOCC4)n3)nn2)c1. The lowest BCUT2D eigenvalue weighted by molar-refractivity contribution is 0.121. The molecule has 0 amide bonds. The van der Waals surface area contributed by atoms with Gasteiger partial charge in [-0.3, -0.25) is 0 Å². The van der Waals surface area contributed by atoms with Crippen LogP contribution in [0.2, 0.25) is 0 Å². The monoisotopic (exact) mass is 395 g/mol. The lowest BCUT2D eigenvalue weighted by Crippen LogP contribution is -2.40. The molecule has 0 bridgehead atoms. The molecule has 11 nitrogen and oxygen atoms in total. The molecule has 0 saturated carbocycles. The van der Waals surface area contributed by atoms with E-state index in [0.29, 0.717) is 55.7 Å². The van der Waals surface area contributed by atoms with Gasteiger partial charge < -0.3 is 19.3 Å². The summed E-state index contributed by atoms with van der Waals surface area (Å²) in [6, 6.07) is 5.54. The first-order valence-corrected chi connectivity index (χ1v) is 9.62. The van der Waals surface area contributed by atoms with Gasteiger partial charge in [-0.05, 0) is 18.2 Å². The zero-order valence-corrected chi connectivity index (χ0v) is 15.9. The molecule has 5 rings (SSSR count). The minimum atomic E-state index is 0.502. The standard InChI is InChI=1S/C18H21N9O2/c1-4-19-27(5-1)15-3-2-14(23-24-15)16-20-17(25-6-10-28-11-7-25)22-18(21-16)26-8-12-29-13-9-26/h1-5H,6-13H2. The van der Waals surface area contributed by atoms with Gasteiger partial charge in [-0.2, -0.15) is 20.1 Å². The molecule has 29 heavy (non-hydrogen) atoms. The van der Waals surface area contributed by atoms with Crippen LogP contribution in [0.1, 0.15) is 0 Å². The van der Waals surface area contributed by atoms with Gasteiger partial charge in [-0.15, -0.1) is 10.2 Å². The van der Waals surface area contributed by atoms with E-state index in [2.05, 4.69) is 35.1 Å². The quantitative estimate of drug-likeness (QED) is 0.607. The molecule has 0 aliphatic carbocycles.